The molecule has 0 aliphatic carbocycles. The van der Waals surface area contributed by atoms with Crippen LogP contribution in [0.1, 0.15) is 42.3 Å². The summed E-state index contributed by atoms with van der Waals surface area (Å²) >= 11 is 0. The maximum Gasteiger partial charge on any atom is 0.193 e. The Morgan fingerprint density at radius 3 is 1.95 bits per heavy atom. The van der Waals surface area contributed by atoms with Gasteiger partial charge < -0.3 is 0 Å². The van der Waals surface area contributed by atoms with E-state index in [0.29, 0.717) is 11.1 Å². The molecule has 0 heterocycles. The van der Waals surface area contributed by atoms with Crippen molar-refractivity contribution < 1.29 is 9.18 Å². The second-order valence-corrected chi connectivity index (χ2v) is 5.44. The Morgan fingerprint density at radius 1 is 0.950 bits per heavy atom. The smallest absolute Gasteiger partial charge is 0.193 e. The lowest BCUT2D eigenvalue weighted by Gasteiger charge is -2.02. The zero-order valence-corrected chi connectivity index (χ0v) is 12.5. The highest BCUT2D eigenvalue weighted by Crippen LogP contribution is 2.12. The Balaban J connectivity index is 0.000000444. The number of ketones is 1. The van der Waals surface area contributed by atoms with Gasteiger partial charge >= 0.3 is 0 Å². The standard InChI is InChI=1S/C14H11FO.C4H10/c1-10-4-2-5-11(8-10)14(16)12-6-3-7-13(15)9-12;1-4(2)3/h2-9H,1H3;4H,1-3H3. The quantitative estimate of drug-likeness (QED) is 0.701. The average molecular weight is 272 g/mol. The second kappa shape index (κ2) is 7.59. The summed E-state index contributed by atoms with van der Waals surface area (Å²) in [5.41, 5.74) is 1.98. The summed E-state index contributed by atoms with van der Waals surface area (Å²) in [5, 5.41) is 0. The lowest BCUT2D eigenvalue weighted by Crippen LogP contribution is -2.01. The molecule has 2 aromatic rings. The van der Waals surface area contributed by atoms with Gasteiger partial charge in [-0.1, -0.05) is 56.7 Å². The normalized spacial score (nSPS) is 9.90. The molecule has 0 amide bonds. The molecule has 2 rings (SSSR count). The van der Waals surface area contributed by atoms with Crippen molar-refractivity contribution in [2.45, 2.75) is 27.7 Å². The number of benzene rings is 2. The molecule has 2 aromatic carbocycles. The second-order valence-electron chi connectivity index (χ2n) is 5.44. The third kappa shape index (κ3) is 5.35. The molecule has 0 unspecified atom stereocenters. The Kier molecular flexibility index (Phi) is 6.10. The molecule has 0 bridgehead atoms. The van der Waals surface area contributed by atoms with E-state index in [2.05, 4.69) is 20.8 Å². The predicted molar refractivity (Wildman–Crippen MR) is 81.5 cm³/mol. The summed E-state index contributed by atoms with van der Waals surface area (Å²) in [6.07, 6.45) is 0. The molecule has 0 saturated heterocycles. The first-order valence-electron chi connectivity index (χ1n) is 6.77. The fraction of sp³-hybridized carbons (Fsp3) is 0.278. The minimum Gasteiger partial charge on any atom is -0.289 e. The van der Waals surface area contributed by atoms with Crippen molar-refractivity contribution >= 4 is 5.78 Å². The molecule has 0 radical (unpaired) electrons. The zero-order valence-electron chi connectivity index (χ0n) is 12.5. The number of carbonyl (C=O) groups excluding carboxylic acids is 1. The van der Waals surface area contributed by atoms with Gasteiger partial charge in [0.15, 0.2) is 5.78 Å². The van der Waals surface area contributed by atoms with E-state index in [-0.39, 0.29) is 5.78 Å². The van der Waals surface area contributed by atoms with Crippen LogP contribution in [0.25, 0.3) is 0 Å². The van der Waals surface area contributed by atoms with Crippen LogP contribution < -0.4 is 0 Å². The van der Waals surface area contributed by atoms with Gasteiger partial charge in [0.2, 0.25) is 0 Å². The first-order chi connectivity index (χ1) is 9.40. The lowest BCUT2D eigenvalue weighted by molar-refractivity contribution is 0.103. The van der Waals surface area contributed by atoms with Crippen LogP contribution in [0.5, 0.6) is 0 Å². The van der Waals surface area contributed by atoms with Gasteiger partial charge in [0, 0.05) is 11.1 Å². The summed E-state index contributed by atoms with van der Waals surface area (Å²) in [6.45, 7) is 8.42. The van der Waals surface area contributed by atoms with Crippen molar-refractivity contribution in [2.75, 3.05) is 0 Å². The van der Waals surface area contributed by atoms with Gasteiger partial charge in [-0.3, -0.25) is 4.79 Å². The molecule has 0 spiro atoms. The number of aryl methyl sites for hydroxylation is 1. The highest BCUT2D eigenvalue weighted by atomic mass is 19.1. The van der Waals surface area contributed by atoms with Gasteiger partial charge in [-0.2, -0.15) is 0 Å². The van der Waals surface area contributed by atoms with Crippen molar-refractivity contribution in [1.82, 2.24) is 0 Å². The Bertz CT molecular complexity index is 523. The van der Waals surface area contributed by atoms with E-state index >= 15 is 0 Å². The first kappa shape index (κ1) is 16.1. The van der Waals surface area contributed by atoms with Crippen molar-refractivity contribution in [2.24, 2.45) is 5.92 Å². The molecule has 0 saturated carbocycles. The van der Waals surface area contributed by atoms with Crippen LogP contribution in [0.2, 0.25) is 0 Å². The minimum atomic E-state index is -0.390. The first-order valence-corrected chi connectivity index (χ1v) is 6.77. The molecule has 1 nitrogen and oxygen atoms in total. The van der Waals surface area contributed by atoms with Crippen molar-refractivity contribution in [1.29, 1.82) is 0 Å². The van der Waals surface area contributed by atoms with Crippen LogP contribution in [0.15, 0.2) is 48.5 Å². The Morgan fingerprint density at radius 2 is 1.45 bits per heavy atom. The van der Waals surface area contributed by atoms with Gasteiger partial charge in [-0.15, -0.1) is 0 Å². The van der Waals surface area contributed by atoms with E-state index in [9.17, 15) is 9.18 Å². The fourth-order valence-electron chi connectivity index (χ4n) is 1.58. The van der Waals surface area contributed by atoms with Crippen molar-refractivity contribution in [3.05, 3.63) is 71.0 Å². The third-order valence-corrected chi connectivity index (χ3v) is 2.37. The maximum absolute atomic E-state index is 13.0. The molecule has 0 N–H and O–H groups in total. The van der Waals surface area contributed by atoms with E-state index in [1.54, 1.807) is 24.3 Å². The van der Waals surface area contributed by atoms with Gasteiger partial charge in [0.05, 0.1) is 0 Å². The average Bonchev–Trinajstić information content (AvgIpc) is 2.37. The summed E-state index contributed by atoms with van der Waals surface area (Å²) in [6, 6.07) is 13.0. The highest BCUT2D eigenvalue weighted by molar-refractivity contribution is 6.09. The molecular weight excluding hydrogens is 251 g/mol. The zero-order chi connectivity index (χ0) is 15.1. The number of halogens is 1. The molecule has 0 fully saturated rings. The number of rotatable bonds is 2. The van der Waals surface area contributed by atoms with Crippen LogP contribution in [0, 0.1) is 18.7 Å². The highest BCUT2D eigenvalue weighted by Gasteiger charge is 2.09. The van der Waals surface area contributed by atoms with Gasteiger partial charge in [0.25, 0.3) is 0 Å². The molecule has 2 heteroatoms. The molecule has 20 heavy (non-hydrogen) atoms. The maximum atomic E-state index is 13.0. The number of hydrogen-bond donors (Lipinski definition) is 0. The summed E-state index contributed by atoms with van der Waals surface area (Å²) in [5.74, 6) is 0.293. The fourth-order valence-corrected chi connectivity index (χ4v) is 1.58. The van der Waals surface area contributed by atoms with Crippen LogP contribution in [0.3, 0.4) is 0 Å². The number of hydrogen-bond acceptors (Lipinski definition) is 1. The molecule has 0 aliphatic rings. The third-order valence-electron chi connectivity index (χ3n) is 2.37. The molecule has 0 atom stereocenters. The largest absolute Gasteiger partial charge is 0.289 e. The minimum absolute atomic E-state index is 0.150. The van der Waals surface area contributed by atoms with Gasteiger partial charge in [-0.25, -0.2) is 4.39 Å². The van der Waals surface area contributed by atoms with Crippen molar-refractivity contribution in [3.63, 3.8) is 0 Å². The van der Waals surface area contributed by atoms with E-state index in [0.717, 1.165) is 11.5 Å². The van der Waals surface area contributed by atoms with Gasteiger partial charge in [0.1, 0.15) is 5.82 Å². The molecule has 0 aromatic heterocycles. The predicted octanol–water partition coefficient (Wildman–Crippen LogP) is 5.03. The van der Waals surface area contributed by atoms with Crippen LogP contribution >= 0.6 is 0 Å². The number of carbonyl (C=O) groups is 1. The lowest BCUT2D eigenvalue weighted by atomic mass is 10.0. The van der Waals surface area contributed by atoms with E-state index in [1.807, 2.05) is 19.1 Å². The van der Waals surface area contributed by atoms with Gasteiger partial charge in [-0.05, 0) is 31.0 Å². The van der Waals surface area contributed by atoms with Crippen LogP contribution in [-0.4, -0.2) is 5.78 Å². The Labute approximate surface area is 120 Å². The van der Waals surface area contributed by atoms with E-state index < -0.39 is 5.82 Å². The Hall–Kier alpha value is -1.96. The molecule has 106 valence electrons. The summed E-state index contributed by atoms with van der Waals surface area (Å²) in [4.78, 5) is 12.0. The summed E-state index contributed by atoms with van der Waals surface area (Å²) < 4.78 is 13.0. The SMILES string of the molecule is CC(C)C.Cc1cccc(C(=O)c2cccc(F)c2)c1. The monoisotopic (exact) mass is 272 g/mol. The topological polar surface area (TPSA) is 17.1 Å². The van der Waals surface area contributed by atoms with Crippen molar-refractivity contribution in [3.8, 4) is 0 Å². The molecular formula is C18H21FO. The van der Waals surface area contributed by atoms with Crippen LogP contribution in [0.4, 0.5) is 4.39 Å². The van der Waals surface area contributed by atoms with E-state index in [1.165, 1.54) is 12.1 Å². The van der Waals surface area contributed by atoms with E-state index in [4.69, 9.17) is 0 Å². The molecule has 0 aliphatic heterocycles. The van der Waals surface area contributed by atoms with Crippen LogP contribution in [-0.2, 0) is 0 Å². The summed E-state index contributed by atoms with van der Waals surface area (Å²) in [7, 11) is 0.